The summed E-state index contributed by atoms with van der Waals surface area (Å²) in [7, 11) is 0. The van der Waals surface area contributed by atoms with Crippen molar-refractivity contribution in [3.05, 3.63) is 52.0 Å². The van der Waals surface area contributed by atoms with Gasteiger partial charge in [-0.15, -0.1) is 0 Å². The van der Waals surface area contributed by atoms with Gasteiger partial charge in [0.1, 0.15) is 12.7 Å². The number of hydrogen-bond donors (Lipinski definition) is 0. The van der Waals surface area contributed by atoms with Crippen molar-refractivity contribution in [3.8, 4) is 0 Å². The van der Waals surface area contributed by atoms with Crippen LogP contribution in [0.3, 0.4) is 0 Å². The Morgan fingerprint density at radius 2 is 2.18 bits per heavy atom. The number of carbonyl (C=O) groups is 1. The number of benzene rings is 1. The van der Waals surface area contributed by atoms with E-state index in [4.69, 9.17) is 0 Å². The molecule has 0 radical (unpaired) electrons. The molecule has 7 heteroatoms. The second kappa shape index (κ2) is 7.37. The highest BCUT2D eigenvalue weighted by Crippen LogP contribution is 2.47. The lowest BCUT2D eigenvalue weighted by Crippen LogP contribution is -2.45. The Balaban J connectivity index is 1.64. The average Bonchev–Trinajstić information content (AvgIpc) is 3.39. The number of nitrogens with zero attached hydrogens (tertiary/aromatic N) is 4. The largest absolute Gasteiger partial charge is 0.381 e. The Labute approximate surface area is 164 Å². The van der Waals surface area contributed by atoms with Crippen molar-refractivity contribution in [2.45, 2.75) is 58.5 Å². The maximum atomic E-state index is 13.4. The molecule has 0 unspecified atom stereocenters. The lowest BCUT2D eigenvalue weighted by atomic mass is 9.93. The van der Waals surface area contributed by atoms with Gasteiger partial charge in [0, 0.05) is 18.7 Å². The topological polar surface area (TPSA) is 81.3 Å². The van der Waals surface area contributed by atoms with E-state index in [2.05, 4.69) is 24.0 Å². The lowest BCUT2D eigenvalue weighted by molar-refractivity contribution is -0.389. The van der Waals surface area contributed by atoms with Gasteiger partial charge in [0.05, 0.1) is 0 Å². The summed E-state index contributed by atoms with van der Waals surface area (Å²) in [5.74, 6) is 1.51. The maximum absolute atomic E-state index is 13.4. The smallest absolute Gasteiger partial charge is 0.358 e. The molecule has 7 nitrogen and oxygen atoms in total. The predicted molar refractivity (Wildman–Crippen MR) is 106 cm³/mol. The van der Waals surface area contributed by atoms with Crippen molar-refractivity contribution in [2.75, 3.05) is 4.90 Å². The van der Waals surface area contributed by atoms with Gasteiger partial charge < -0.3 is 15.0 Å². The summed E-state index contributed by atoms with van der Waals surface area (Å²) in [5, 5.41) is 11.0. The second-order valence-corrected chi connectivity index (χ2v) is 8.06. The minimum absolute atomic E-state index is 0.0267. The van der Waals surface area contributed by atoms with Gasteiger partial charge in [-0.1, -0.05) is 25.5 Å². The van der Waals surface area contributed by atoms with Gasteiger partial charge in [0.25, 0.3) is 0 Å². The fraction of sp³-hybridized carbons (Fsp3) is 0.524. The van der Waals surface area contributed by atoms with Crippen LogP contribution in [0.15, 0.2) is 30.5 Å². The zero-order valence-corrected chi connectivity index (χ0v) is 16.4. The first kappa shape index (κ1) is 18.7. The molecule has 1 heterocycles. The van der Waals surface area contributed by atoms with Gasteiger partial charge in [-0.25, -0.2) is 0 Å². The molecule has 148 valence electrons. The zero-order valence-electron chi connectivity index (χ0n) is 16.4. The number of aryl methyl sites for hydroxylation is 2. The number of amides is 1. The number of carbonyl (C=O) groups excluding carboxylic acids is 1. The number of nitro groups is 1. The molecule has 2 bridgehead atoms. The normalized spacial score (nSPS) is 23.1. The Morgan fingerprint density at radius 1 is 1.36 bits per heavy atom. The fourth-order valence-electron chi connectivity index (χ4n) is 4.94. The van der Waals surface area contributed by atoms with Crippen molar-refractivity contribution in [1.29, 1.82) is 0 Å². The van der Waals surface area contributed by atoms with Gasteiger partial charge in [0.15, 0.2) is 0 Å². The van der Waals surface area contributed by atoms with E-state index in [-0.39, 0.29) is 24.3 Å². The molecular weight excluding hydrogens is 356 g/mol. The summed E-state index contributed by atoms with van der Waals surface area (Å²) >= 11 is 0. The Morgan fingerprint density at radius 3 is 2.79 bits per heavy atom. The van der Waals surface area contributed by atoms with Gasteiger partial charge in [-0.2, -0.15) is 0 Å². The molecule has 2 aliphatic carbocycles. The number of aromatic nitrogens is 2. The van der Waals surface area contributed by atoms with Crippen molar-refractivity contribution in [1.82, 2.24) is 9.55 Å². The van der Waals surface area contributed by atoms with E-state index >= 15 is 0 Å². The van der Waals surface area contributed by atoms with E-state index in [1.54, 1.807) is 11.5 Å². The fourth-order valence-corrected chi connectivity index (χ4v) is 4.94. The van der Waals surface area contributed by atoms with Crippen LogP contribution in [-0.2, 0) is 17.8 Å². The van der Waals surface area contributed by atoms with Gasteiger partial charge in [0.2, 0.25) is 11.7 Å². The quantitative estimate of drug-likeness (QED) is 0.561. The monoisotopic (exact) mass is 382 g/mol. The molecule has 3 atom stereocenters. The van der Waals surface area contributed by atoms with Crippen molar-refractivity contribution < 1.29 is 9.72 Å². The summed E-state index contributed by atoms with van der Waals surface area (Å²) in [6, 6.07) is 8.42. The van der Waals surface area contributed by atoms with Crippen molar-refractivity contribution in [2.24, 2.45) is 11.8 Å². The maximum Gasteiger partial charge on any atom is 0.381 e. The van der Waals surface area contributed by atoms with Crippen LogP contribution in [0, 0.1) is 28.9 Å². The van der Waals surface area contributed by atoms with Crippen LogP contribution in [0.2, 0.25) is 0 Å². The summed E-state index contributed by atoms with van der Waals surface area (Å²) in [5.41, 5.74) is 2.14. The number of rotatable bonds is 6. The van der Waals surface area contributed by atoms with Crippen LogP contribution >= 0.6 is 0 Å². The molecule has 1 amide bonds. The first-order chi connectivity index (χ1) is 13.5. The SMILES string of the molecule is CCc1cccc(N(C(=O)Cn2cc([N+](=O)[O-])nc2C)[C@H]2C[C@H]3CC[C@H]2C3)c1. The Kier molecular flexibility index (Phi) is 4.91. The van der Waals surface area contributed by atoms with E-state index in [0.717, 1.165) is 24.4 Å². The molecule has 2 fully saturated rings. The molecule has 0 aliphatic heterocycles. The molecule has 0 saturated heterocycles. The van der Waals surface area contributed by atoms with Crippen molar-refractivity contribution in [3.63, 3.8) is 0 Å². The summed E-state index contributed by atoms with van der Waals surface area (Å²) in [6.07, 6.45) is 6.98. The van der Waals surface area contributed by atoms with Crippen LogP contribution in [0.25, 0.3) is 0 Å². The van der Waals surface area contributed by atoms with E-state index < -0.39 is 4.92 Å². The van der Waals surface area contributed by atoms with Gasteiger partial charge in [-0.3, -0.25) is 9.36 Å². The number of anilines is 1. The predicted octanol–water partition coefficient (Wildman–Crippen LogP) is 3.88. The third-order valence-corrected chi connectivity index (χ3v) is 6.35. The average molecular weight is 382 g/mol. The molecule has 28 heavy (non-hydrogen) atoms. The minimum Gasteiger partial charge on any atom is -0.358 e. The van der Waals surface area contributed by atoms with Crippen LogP contribution in [0.5, 0.6) is 0 Å². The molecular formula is C21H26N4O3. The Hall–Kier alpha value is -2.70. The van der Waals surface area contributed by atoms with Crippen LogP contribution in [-0.4, -0.2) is 26.4 Å². The highest BCUT2D eigenvalue weighted by atomic mass is 16.6. The molecule has 2 saturated carbocycles. The second-order valence-electron chi connectivity index (χ2n) is 8.06. The molecule has 1 aromatic carbocycles. The van der Waals surface area contributed by atoms with E-state index in [0.29, 0.717) is 11.7 Å². The lowest BCUT2D eigenvalue weighted by Gasteiger charge is -2.35. The van der Waals surface area contributed by atoms with Crippen LogP contribution in [0.4, 0.5) is 11.5 Å². The zero-order chi connectivity index (χ0) is 19.8. The highest BCUT2D eigenvalue weighted by molar-refractivity contribution is 5.94. The highest BCUT2D eigenvalue weighted by Gasteiger charge is 2.44. The molecule has 1 aromatic heterocycles. The first-order valence-electron chi connectivity index (χ1n) is 10.1. The van der Waals surface area contributed by atoms with Gasteiger partial charge >= 0.3 is 5.82 Å². The van der Waals surface area contributed by atoms with Crippen LogP contribution < -0.4 is 4.90 Å². The molecule has 2 aliphatic rings. The Bertz CT molecular complexity index is 907. The number of imidazole rings is 1. The summed E-state index contributed by atoms with van der Waals surface area (Å²) in [6.45, 7) is 3.87. The molecule has 2 aromatic rings. The van der Waals surface area contributed by atoms with E-state index in [9.17, 15) is 14.9 Å². The molecule has 0 spiro atoms. The van der Waals surface area contributed by atoms with Crippen molar-refractivity contribution >= 4 is 17.4 Å². The minimum atomic E-state index is -0.521. The van der Waals surface area contributed by atoms with Gasteiger partial charge in [-0.05, 0) is 65.1 Å². The third kappa shape index (κ3) is 3.41. The van der Waals surface area contributed by atoms with E-state index in [1.165, 1.54) is 31.0 Å². The van der Waals surface area contributed by atoms with E-state index in [1.807, 2.05) is 17.0 Å². The molecule has 4 rings (SSSR count). The summed E-state index contributed by atoms with van der Waals surface area (Å²) in [4.78, 5) is 29.8. The number of fused-ring (bicyclic) bond motifs is 2. The number of hydrogen-bond acceptors (Lipinski definition) is 4. The first-order valence-corrected chi connectivity index (χ1v) is 10.1. The molecule has 0 N–H and O–H groups in total. The van der Waals surface area contributed by atoms with Crippen LogP contribution in [0.1, 0.15) is 44.0 Å². The standard InChI is InChI=1S/C21H26N4O3/c1-3-15-5-4-6-18(10-15)24(19-11-16-7-8-17(19)9-16)21(26)13-23-12-20(25(27)28)22-14(23)2/h4-6,10,12,16-17,19H,3,7-9,11,13H2,1-2H3/t16-,17-,19-/m0/s1. The summed E-state index contributed by atoms with van der Waals surface area (Å²) < 4.78 is 1.59. The third-order valence-electron chi connectivity index (χ3n) is 6.35.